The second-order valence-corrected chi connectivity index (χ2v) is 10.2. The molecule has 2 fully saturated rings. The molecule has 0 bridgehead atoms. The molecule has 0 spiro atoms. The van der Waals surface area contributed by atoms with Crippen molar-refractivity contribution in [3.8, 4) is 0 Å². The molecule has 2 aliphatic heterocycles. The quantitative estimate of drug-likeness (QED) is 0.724. The molecule has 0 radical (unpaired) electrons. The van der Waals surface area contributed by atoms with Crippen LogP contribution in [0.5, 0.6) is 0 Å². The number of amides is 1. The predicted molar refractivity (Wildman–Crippen MR) is 122 cm³/mol. The van der Waals surface area contributed by atoms with Gasteiger partial charge in [-0.05, 0) is 43.8 Å². The number of hydrogen-bond donors (Lipinski definition) is 0. The Hall–Kier alpha value is -2.42. The lowest BCUT2D eigenvalue weighted by Gasteiger charge is -2.36. The number of sulfonamides is 1. The standard InChI is InChI=1S/C23H30N4O3S/c1-19-8-9-21(31(29,30)27-16-10-24(2)11-17-27)18-22(19)23(28)26-14-12-25(13-15-26)20-6-4-3-5-7-20/h3-9,18H,10-17H2,1-2H3. The molecule has 0 aliphatic carbocycles. The van der Waals surface area contributed by atoms with Gasteiger partial charge in [-0.15, -0.1) is 0 Å². The van der Waals surface area contributed by atoms with E-state index in [1.165, 1.54) is 4.31 Å². The summed E-state index contributed by atoms with van der Waals surface area (Å²) >= 11 is 0. The Morgan fingerprint density at radius 3 is 2.13 bits per heavy atom. The van der Waals surface area contributed by atoms with Crippen LogP contribution in [0, 0.1) is 6.92 Å². The van der Waals surface area contributed by atoms with Crippen molar-refractivity contribution in [2.75, 3.05) is 64.3 Å². The van der Waals surface area contributed by atoms with Crippen molar-refractivity contribution < 1.29 is 13.2 Å². The Labute approximate surface area is 184 Å². The molecule has 0 unspecified atom stereocenters. The van der Waals surface area contributed by atoms with Crippen LogP contribution in [0.4, 0.5) is 5.69 Å². The van der Waals surface area contributed by atoms with Crippen molar-refractivity contribution in [3.05, 3.63) is 59.7 Å². The molecular weight excluding hydrogens is 412 g/mol. The number of aryl methyl sites for hydroxylation is 1. The third-order valence-electron chi connectivity index (χ3n) is 6.23. The number of likely N-dealkylation sites (N-methyl/N-ethyl adjacent to an activating group) is 1. The monoisotopic (exact) mass is 442 g/mol. The first-order valence-corrected chi connectivity index (χ1v) is 12.2. The van der Waals surface area contributed by atoms with E-state index in [0.717, 1.165) is 24.3 Å². The predicted octanol–water partition coefficient (Wildman–Crippen LogP) is 1.89. The zero-order valence-corrected chi connectivity index (χ0v) is 19.0. The lowest BCUT2D eigenvalue weighted by Crippen LogP contribution is -2.49. The minimum absolute atomic E-state index is 0.0966. The number of nitrogens with zero attached hydrogens (tertiary/aromatic N) is 4. The summed E-state index contributed by atoms with van der Waals surface area (Å²) in [5.41, 5.74) is 2.43. The van der Waals surface area contributed by atoms with Crippen molar-refractivity contribution in [1.29, 1.82) is 0 Å². The number of para-hydroxylation sites is 1. The lowest BCUT2D eigenvalue weighted by molar-refractivity contribution is 0.0746. The van der Waals surface area contributed by atoms with E-state index in [9.17, 15) is 13.2 Å². The molecule has 31 heavy (non-hydrogen) atoms. The van der Waals surface area contributed by atoms with Crippen LogP contribution in [0.3, 0.4) is 0 Å². The van der Waals surface area contributed by atoms with E-state index in [1.54, 1.807) is 18.2 Å². The number of carbonyl (C=O) groups is 1. The van der Waals surface area contributed by atoms with Crippen LogP contribution in [0.15, 0.2) is 53.4 Å². The van der Waals surface area contributed by atoms with Crippen molar-refractivity contribution in [1.82, 2.24) is 14.1 Å². The second-order valence-electron chi connectivity index (χ2n) is 8.30. The molecule has 0 N–H and O–H groups in total. The molecule has 8 heteroatoms. The highest BCUT2D eigenvalue weighted by atomic mass is 32.2. The minimum Gasteiger partial charge on any atom is -0.368 e. The van der Waals surface area contributed by atoms with Gasteiger partial charge in [0, 0.05) is 63.6 Å². The lowest BCUT2D eigenvalue weighted by atomic mass is 10.1. The molecule has 2 saturated heterocycles. The Bertz CT molecular complexity index is 1030. The fraction of sp³-hybridized carbons (Fsp3) is 0.435. The van der Waals surface area contributed by atoms with E-state index in [1.807, 2.05) is 37.1 Å². The fourth-order valence-corrected chi connectivity index (χ4v) is 5.60. The van der Waals surface area contributed by atoms with E-state index >= 15 is 0 Å². The number of carbonyl (C=O) groups excluding carboxylic acids is 1. The molecule has 7 nitrogen and oxygen atoms in total. The van der Waals surface area contributed by atoms with Gasteiger partial charge in [-0.25, -0.2) is 8.42 Å². The van der Waals surface area contributed by atoms with E-state index in [4.69, 9.17) is 0 Å². The molecule has 2 aromatic rings. The second kappa shape index (κ2) is 8.98. The van der Waals surface area contributed by atoms with Crippen molar-refractivity contribution in [2.45, 2.75) is 11.8 Å². The first kappa shape index (κ1) is 21.8. The zero-order valence-electron chi connectivity index (χ0n) is 18.2. The van der Waals surface area contributed by atoms with Crippen LogP contribution >= 0.6 is 0 Å². The van der Waals surface area contributed by atoms with E-state index in [0.29, 0.717) is 44.8 Å². The van der Waals surface area contributed by atoms with Gasteiger partial charge in [-0.3, -0.25) is 4.79 Å². The van der Waals surface area contributed by atoms with Crippen LogP contribution in [0.25, 0.3) is 0 Å². The highest BCUT2D eigenvalue weighted by Crippen LogP contribution is 2.23. The molecule has 0 aromatic heterocycles. The third kappa shape index (κ3) is 4.61. The maximum absolute atomic E-state index is 13.3. The van der Waals surface area contributed by atoms with Gasteiger partial charge in [-0.2, -0.15) is 4.31 Å². The zero-order chi connectivity index (χ0) is 22.0. The summed E-state index contributed by atoms with van der Waals surface area (Å²) < 4.78 is 27.8. The molecule has 1 amide bonds. The van der Waals surface area contributed by atoms with E-state index in [-0.39, 0.29) is 10.8 Å². The summed E-state index contributed by atoms with van der Waals surface area (Å²) in [7, 11) is -1.62. The third-order valence-corrected chi connectivity index (χ3v) is 8.12. The average molecular weight is 443 g/mol. The van der Waals surface area contributed by atoms with Crippen LogP contribution in [-0.2, 0) is 10.0 Å². The van der Waals surface area contributed by atoms with Crippen LogP contribution in [0.2, 0.25) is 0 Å². The van der Waals surface area contributed by atoms with Crippen LogP contribution in [-0.4, -0.2) is 87.8 Å². The number of rotatable bonds is 4. The maximum Gasteiger partial charge on any atom is 0.254 e. The van der Waals surface area contributed by atoms with Crippen molar-refractivity contribution >= 4 is 21.6 Å². The molecular formula is C23H30N4O3S. The summed E-state index contributed by atoms with van der Waals surface area (Å²) in [4.78, 5) is 19.7. The summed E-state index contributed by atoms with van der Waals surface area (Å²) in [5, 5.41) is 0. The molecule has 166 valence electrons. The Kier molecular flexibility index (Phi) is 6.31. The van der Waals surface area contributed by atoms with Crippen LogP contribution < -0.4 is 4.90 Å². The Morgan fingerprint density at radius 2 is 1.48 bits per heavy atom. The summed E-state index contributed by atoms with van der Waals surface area (Å²) in [6.45, 7) is 6.97. The molecule has 0 saturated carbocycles. The van der Waals surface area contributed by atoms with Gasteiger partial charge in [0.05, 0.1) is 4.90 Å². The summed E-state index contributed by atoms with van der Waals surface area (Å²) in [5.74, 6) is -0.0966. The van der Waals surface area contributed by atoms with Gasteiger partial charge in [0.1, 0.15) is 0 Å². The highest BCUT2D eigenvalue weighted by molar-refractivity contribution is 7.89. The molecule has 0 atom stereocenters. The molecule has 2 aromatic carbocycles. The maximum atomic E-state index is 13.3. The average Bonchev–Trinajstić information content (AvgIpc) is 2.80. The number of hydrogen-bond acceptors (Lipinski definition) is 5. The van der Waals surface area contributed by atoms with Crippen molar-refractivity contribution in [2.24, 2.45) is 0 Å². The van der Waals surface area contributed by atoms with Gasteiger partial charge in [0.2, 0.25) is 10.0 Å². The highest BCUT2D eigenvalue weighted by Gasteiger charge is 2.29. The summed E-state index contributed by atoms with van der Waals surface area (Å²) in [6.07, 6.45) is 0. The Morgan fingerprint density at radius 1 is 0.839 bits per heavy atom. The van der Waals surface area contributed by atoms with Gasteiger partial charge in [-0.1, -0.05) is 24.3 Å². The number of benzene rings is 2. The Balaban J connectivity index is 1.49. The number of piperazine rings is 2. The molecule has 2 aliphatic rings. The van der Waals surface area contributed by atoms with E-state index in [2.05, 4.69) is 21.9 Å². The van der Waals surface area contributed by atoms with Crippen molar-refractivity contribution in [3.63, 3.8) is 0 Å². The smallest absolute Gasteiger partial charge is 0.254 e. The van der Waals surface area contributed by atoms with Gasteiger partial charge < -0.3 is 14.7 Å². The van der Waals surface area contributed by atoms with Gasteiger partial charge in [0.15, 0.2) is 0 Å². The SMILES string of the molecule is Cc1ccc(S(=O)(=O)N2CCN(C)CC2)cc1C(=O)N1CCN(c2ccccc2)CC1. The first-order chi connectivity index (χ1) is 14.9. The van der Waals surface area contributed by atoms with Gasteiger partial charge >= 0.3 is 0 Å². The number of anilines is 1. The molecule has 4 rings (SSSR count). The normalized spacial score (nSPS) is 18.9. The minimum atomic E-state index is -3.61. The summed E-state index contributed by atoms with van der Waals surface area (Å²) in [6, 6.07) is 15.1. The fourth-order valence-electron chi connectivity index (χ4n) is 4.15. The first-order valence-electron chi connectivity index (χ1n) is 10.7. The largest absolute Gasteiger partial charge is 0.368 e. The van der Waals surface area contributed by atoms with Gasteiger partial charge in [0.25, 0.3) is 5.91 Å². The molecule has 2 heterocycles. The van der Waals surface area contributed by atoms with E-state index < -0.39 is 10.0 Å². The topological polar surface area (TPSA) is 64.2 Å². The van der Waals surface area contributed by atoms with Crippen LogP contribution in [0.1, 0.15) is 15.9 Å².